The molecule has 7 heteroatoms. The van der Waals surface area contributed by atoms with Crippen LogP contribution in [0.4, 0.5) is 18.9 Å². The second kappa shape index (κ2) is 6.25. The van der Waals surface area contributed by atoms with Crippen LogP contribution >= 0.6 is 15.9 Å². The summed E-state index contributed by atoms with van der Waals surface area (Å²) < 4.78 is 38.6. The van der Waals surface area contributed by atoms with Crippen molar-refractivity contribution in [2.45, 2.75) is 37.9 Å². The van der Waals surface area contributed by atoms with Crippen LogP contribution in [0, 0.1) is 5.92 Å². The Kier molecular flexibility index (Phi) is 4.81. The lowest BCUT2D eigenvalue weighted by atomic mass is 9.85. The zero-order valence-corrected chi connectivity index (χ0v) is 12.7. The predicted octanol–water partition coefficient (Wildman–Crippen LogP) is 4.52. The van der Waals surface area contributed by atoms with Crippen LogP contribution in [0.3, 0.4) is 0 Å². The first-order valence-electron chi connectivity index (χ1n) is 6.63. The van der Waals surface area contributed by atoms with E-state index < -0.39 is 23.6 Å². The van der Waals surface area contributed by atoms with Gasteiger partial charge in [0.2, 0.25) is 0 Å². The molecular formula is C14H15BrF3NO2. The number of halogens is 4. The van der Waals surface area contributed by atoms with Crippen LogP contribution in [0.5, 0.6) is 0 Å². The maximum Gasteiger partial charge on any atom is 0.416 e. The fourth-order valence-corrected chi connectivity index (χ4v) is 3.11. The summed E-state index contributed by atoms with van der Waals surface area (Å²) in [6, 6.07) is 3.52. The molecule has 0 amide bonds. The lowest BCUT2D eigenvalue weighted by molar-refractivity contribution is -0.143. The number of anilines is 1. The SMILES string of the molecule is O=C(O)C1CCCC(Nc2cc(Br)cc(C(F)(F)F)c2)C1. The van der Waals surface area contributed by atoms with E-state index in [0.717, 1.165) is 25.0 Å². The standard InChI is InChI=1S/C14H15BrF3NO2/c15-10-5-9(14(16,17)18)6-12(7-10)19-11-3-1-2-8(4-11)13(20)21/h5-8,11,19H,1-4H2,(H,20,21). The number of hydrogen-bond acceptors (Lipinski definition) is 2. The quantitative estimate of drug-likeness (QED) is 0.827. The highest BCUT2D eigenvalue weighted by Crippen LogP contribution is 2.34. The molecule has 3 nitrogen and oxygen atoms in total. The first-order chi connectivity index (χ1) is 9.75. The number of nitrogens with one attached hydrogen (secondary N) is 1. The smallest absolute Gasteiger partial charge is 0.416 e. The van der Waals surface area contributed by atoms with Gasteiger partial charge in [0.05, 0.1) is 11.5 Å². The van der Waals surface area contributed by atoms with Gasteiger partial charge in [0.25, 0.3) is 0 Å². The van der Waals surface area contributed by atoms with Crippen LogP contribution in [-0.4, -0.2) is 17.1 Å². The summed E-state index contributed by atoms with van der Waals surface area (Å²) in [4.78, 5) is 11.0. The van der Waals surface area contributed by atoms with Gasteiger partial charge in [0, 0.05) is 16.2 Å². The van der Waals surface area contributed by atoms with E-state index in [1.165, 1.54) is 0 Å². The number of alkyl halides is 3. The van der Waals surface area contributed by atoms with Crippen molar-refractivity contribution in [1.29, 1.82) is 0 Å². The molecule has 0 radical (unpaired) electrons. The molecule has 1 aliphatic rings. The average Bonchev–Trinajstić information content (AvgIpc) is 2.37. The van der Waals surface area contributed by atoms with E-state index >= 15 is 0 Å². The molecule has 2 rings (SSSR count). The van der Waals surface area contributed by atoms with Crippen molar-refractivity contribution >= 4 is 27.6 Å². The van der Waals surface area contributed by atoms with Crippen molar-refractivity contribution in [3.8, 4) is 0 Å². The van der Waals surface area contributed by atoms with Gasteiger partial charge in [-0.25, -0.2) is 0 Å². The third-order valence-corrected chi connectivity index (χ3v) is 4.08. The lowest BCUT2D eigenvalue weighted by Gasteiger charge is -2.28. The second-order valence-corrected chi connectivity index (χ2v) is 6.19. The lowest BCUT2D eigenvalue weighted by Crippen LogP contribution is -2.31. The van der Waals surface area contributed by atoms with E-state index in [1.54, 1.807) is 6.07 Å². The third kappa shape index (κ3) is 4.36. The number of carboxylic acid groups (broad SMARTS) is 1. The van der Waals surface area contributed by atoms with Crippen molar-refractivity contribution in [2.24, 2.45) is 5.92 Å². The van der Waals surface area contributed by atoms with Gasteiger partial charge in [-0.05, 0) is 37.5 Å². The molecular weight excluding hydrogens is 351 g/mol. The second-order valence-electron chi connectivity index (χ2n) is 5.27. The van der Waals surface area contributed by atoms with Crippen molar-refractivity contribution in [3.63, 3.8) is 0 Å². The molecule has 2 atom stereocenters. The summed E-state index contributed by atoms with van der Waals surface area (Å²) >= 11 is 3.07. The van der Waals surface area contributed by atoms with E-state index in [4.69, 9.17) is 5.11 Å². The maximum atomic E-state index is 12.8. The fraction of sp³-hybridized carbons (Fsp3) is 0.500. The summed E-state index contributed by atoms with van der Waals surface area (Å²) in [5.74, 6) is -1.27. The molecule has 1 saturated carbocycles. The van der Waals surface area contributed by atoms with Gasteiger partial charge in [0.15, 0.2) is 0 Å². The van der Waals surface area contributed by atoms with Gasteiger partial charge in [-0.3, -0.25) is 4.79 Å². The Bertz CT molecular complexity index is 533. The fourth-order valence-electron chi connectivity index (χ4n) is 2.62. The summed E-state index contributed by atoms with van der Waals surface area (Å²) in [5, 5.41) is 12.1. The minimum absolute atomic E-state index is 0.116. The van der Waals surface area contributed by atoms with Gasteiger partial charge >= 0.3 is 12.1 Å². The minimum Gasteiger partial charge on any atom is -0.481 e. The highest BCUT2D eigenvalue weighted by atomic mass is 79.9. The molecule has 2 unspecified atom stereocenters. The Morgan fingerprint density at radius 3 is 2.62 bits per heavy atom. The van der Waals surface area contributed by atoms with Gasteiger partial charge in [0.1, 0.15) is 0 Å². The molecule has 1 aromatic rings. The van der Waals surface area contributed by atoms with Gasteiger partial charge < -0.3 is 10.4 Å². The average molecular weight is 366 g/mol. The first kappa shape index (κ1) is 16.1. The summed E-state index contributed by atoms with van der Waals surface area (Å²) in [6.07, 6.45) is -1.83. The zero-order chi connectivity index (χ0) is 15.6. The highest BCUT2D eigenvalue weighted by Gasteiger charge is 2.32. The van der Waals surface area contributed by atoms with Crippen molar-refractivity contribution < 1.29 is 23.1 Å². The van der Waals surface area contributed by atoms with Crippen LogP contribution < -0.4 is 5.32 Å². The van der Waals surface area contributed by atoms with Crippen LogP contribution in [-0.2, 0) is 11.0 Å². The van der Waals surface area contributed by atoms with Gasteiger partial charge in [-0.1, -0.05) is 22.4 Å². The maximum absolute atomic E-state index is 12.8. The number of carboxylic acids is 1. The van der Waals surface area contributed by atoms with Crippen LogP contribution in [0.2, 0.25) is 0 Å². The van der Waals surface area contributed by atoms with E-state index in [-0.39, 0.29) is 6.04 Å². The number of aliphatic carboxylic acids is 1. The van der Waals surface area contributed by atoms with Crippen LogP contribution in [0.1, 0.15) is 31.2 Å². The number of rotatable bonds is 3. The third-order valence-electron chi connectivity index (χ3n) is 3.62. The molecule has 1 fully saturated rings. The summed E-state index contributed by atoms with van der Waals surface area (Å²) in [6.45, 7) is 0. The molecule has 0 aliphatic heterocycles. The molecule has 0 bridgehead atoms. The number of carbonyl (C=O) groups is 1. The number of hydrogen-bond donors (Lipinski definition) is 2. The molecule has 2 N–H and O–H groups in total. The highest BCUT2D eigenvalue weighted by molar-refractivity contribution is 9.10. The Morgan fingerprint density at radius 1 is 1.29 bits per heavy atom. The molecule has 1 aliphatic carbocycles. The molecule has 0 aromatic heterocycles. The van der Waals surface area contributed by atoms with E-state index in [0.29, 0.717) is 23.0 Å². The topological polar surface area (TPSA) is 49.3 Å². The van der Waals surface area contributed by atoms with Crippen LogP contribution in [0.25, 0.3) is 0 Å². The van der Waals surface area contributed by atoms with Crippen LogP contribution in [0.15, 0.2) is 22.7 Å². The van der Waals surface area contributed by atoms with Crippen molar-refractivity contribution in [3.05, 3.63) is 28.2 Å². The van der Waals surface area contributed by atoms with E-state index in [2.05, 4.69) is 21.2 Å². The normalized spacial score (nSPS) is 22.9. The first-order valence-corrected chi connectivity index (χ1v) is 7.42. The molecule has 0 heterocycles. The zero-order valence-electron chi connectivity index (χ0n) is 11.1. The molecule has 0 saturated heterocycles. The predicted molar refractivity (Wildman–Crippen MR) is 76.1 cm³/mol. The van der Waals surface area contributed by atoms with E-state index in [1.807, 2.05) is 0 Å². The molecule has 0 spiro atoms. The molecule has 1 aromatic carbocycles. The summed E-state index contributed by atoms with van der Waals surface area (Å²) in [5.41, 5.74) is -0.377. The summed E-state index contributed by atoms with van der Waals surface area (Å²) in [7, 11) is 0. The largest absolute Gasteiger partial charge is 0.481 e. The Balaban J connectivity index is 2.12. The minimum atomic E-state index is -4.41. The monoisotopic (exact) mass is 365 g/mol. The van der Waals surface area contributed by atoms with Crippen molar-refractivity contribution in [1.82, 2.24) is 0 Å². The number of benzene rings is 1. The van der Waals surface area contributed by atoms with Crippen molar-refractivity contribution in [2.75, 3.05) is 5.32 Å². The van der Waals surface area contributed by atoms with Gasteiger partial charge in [-0.2, -0.15) is 13.2 Å². The van der Waals surface area contributed by atoms with Gasteiger partial charge in [-0.15, -0.1) is 0 Å². The van der Waals surface area contributed by atoms with E-state index in [9.17, 15) is 18.0 Å². The molecule has 116 valence electrons. The Hall–Kier alpha value is -1.24. The Morgan fingerprint density at radius 2 is 2.00 bits per heavy atom. The molecule has 21 heavy (non-hydrogen) atoms. The Labute approximate surface area is 128 Å².